The van der Waals surface area contributed by atoms with Crippen LogP contribution in [0.1, 0.15) is 25.8 Å². The van der Waals surface area contributed by atoms with Gasteiger partial charge in [-0.3, -0.25) is 0 Å². The molecule has 0 aromatic carbocycles. The molecule has 1 aliphatic rings. The lowest BCUT2D eigenvalue weighted by Crippen LogP contribution is -2.37. The zero-order valence-corrected chi connectivity index (χ0v) is 18.1. The van der Waals surface area contributed by atoms with Gasteiger partial charge in [0.25, 0.3) is 0 Å². The Morgan fingerprint density at radius 3 is 2.61 bits per heavy atom. The molecule has 0 spiro atoms. The van der Waals surface area contributed by atoms with Crippen molar-refractivity contribution in [1.82, 2.24) is 19.6 Å². The summed E-state index contributed by atoms with van der Waals surface area (Å²) in [6.07, 6.45) is 2.75. The number of hydrogen-bond donors (Lipinski definition) is 1. The van der Waals surface area contributed by atoms with Crippen LogP contribution in [-0.4, -0.2) is 60.0 Å². The maximum Gasteiger partial charge on any atom is 0.192 e. The maximum atomic E-state index is 14.7. The fourth-order valence-corrected chi connectivity index (χ4v) is 3.14. The van der Waals surface area contributed by atoms with E-state index in [1.165, 1.54) is 17.1 Å². The van der Waals surface area contributed by atoms with Crippen LogP contribution in [-0.2, 0) is 4.74 Å². The van der Waals surface area contributed by atoms with Gasteiger partial charge in [0.05, 0.1) is 32.1 Å². The number of ether oxygens (including phenoxy) is 2. The van der Waals surface area contributed by atoms with Crippen LogP contribution in [0.15, 0.2) is 18.3 Å². The first-order valence-electron chi connectivity index (χ1n) is 10.1. The molecule has 0 aliphatic carbocycles. The van der Waals surface area contributed by atoms with Crippen molar-refractivity contribution in [3.05, 3.63) is 29.7 Å². The Balaban J connectivity index is 0.000000858. The monoisotopic (exact) mass is 427 g/mol. The van der Waals surface area contributed by atoms with Gasteiger partial charge in [-0.25, -0.2) is 18.9 Å². The molecule has 1 fully saturated rings. The largest absolute Gasteiger partial charge is 0.493 e. The SMILES string of the molecule is CCC.CNc1nc(-c2cnc3cc(OC)c(N4CCOCC4)nn23)c(F)cc1C#N. The van der Waals surface area contributed by atoms with Crippen molar-refractivity contribution >= 4 is 17.3 Å². The van der Waals surface area contributed by atoms with Crippen LogP contribution >= 0.6 is 0 Å². The third kappa shape index (κ3) is 4.51. The van der Waals surface area contributed by atoms with E-state index in [2.05, 4.69) is 34.2 Å². The van der Waals surface area contributed by atoms with Crippen molar-refractivity contribution in [2.45, 2.75) is 20.3 Å². The third-order valence-corrected chi connectivity index (χ3v) is 4.55. The first kappa shape index (κ1) is 22.2. The number of aromatic nitrogens is 4. The summed E-state index contributed by atoms with van der Waals surface area (Å²) in [6.45, 7) is 6.78. The molecule has 0 bridgehead atoms. The van der Waals surface area contributed by atoms with E-state index in [1.807, 2.05) is 11.0 Å². The Morgan fingerprint density at radius 2 is 2.00 bits per heavy atom. The topological polar surface area (TPSA) is 101 Å². The molecule has 1 N–H and O–H groups in total. The summed E-state index contributed by atoms with van der Waals surface area (Å²) in [5.41, 5.74) is 1.06. The number of rotatable bonds is 4. The lowest BCUT2D eigenvalue weighted by Gasteiger charge is -2.28. The van der Waals surface area contributed by atoms with Crippen molar-refractivity contribution in [2.75, 3.05) is 50.7 Å². The van der Waals surface area contributed by atoms with Gasteiger partial charge in [0, 0.05) is 26.2 Å². The highest BCUT2D eigenvalue weighted by molar-refractivity contribution is 5.67. The van der Waals surface area contributed by atoms with E-state index < -0.39 is 5.82 Å². The van der Waals surface area contributed by atoms with Crippen molar-refractivity contribution in [2.24, 2.45) is 0 Å². The number of pyridine rings is 1. The highest BCUT2D eigenvalue weighted by Gasteiger charge is 2.22. The summed E-state index contributed by atoms with van der Waals surface area (Å²) >= 11 is 0. The Hall–Kier alpha value is -3.45. The number of methoxy groups -OCH3 is 1. The number of nitrogens with one attached hydrogen (secondary N) is 1. The van der Waals surface area contributed by atoms with Crippen LogP contribution in [0, 0.1) is 17.1 Å². The molecule has 164 valence electrons. The van der Waals surface area contributed by atoms with Crippen LogP contribution in [0.4, 0.5) is 16.0 Å². The van der Waals surface area contributed by atoms with Gasteiger partial charge in [-0.2, -0.15) is 5.26 Å². The summed E-state index contributed by atoms with van der Waals surface area (Å²) in [4.78, 5) is 10.6. The summed E-state index contributed by atoms with van der Waals surface area (Å²) in [6, 6.07) is 4.83. The van der Waals surface area contributed by atoms with Gasteiger partial charge in [-0.15, -0.1) is 5.10 Å². The Labute approximate surface area is 180 Å². The smallest absolute Gasteiger partial charge is 0.192 e. The average Bonchev–Trinajstić information content (AvgIpc) is 3.21. The summed E-state index contributed by atoms with van der Waals surface area (Å²) in [7, 11) is 3.20. The van der Waals surface area contributed by atoms with Crippen LogP contribution in [0.2, 0.25) is 0 Å². The second kappa shape index (κ2) is 10.0. The number of morpholine rings is 1. The van der Waals surface area contributed by atoms with Crippen LogP contribution in [0.3, 0.4) is 0 Å². The minimum Gasteiger partial charge on any atom is -0.493 e. The summed E-state index contributed by atoms with van der Waals surface area (Å²) in [5.74, 6) is 0.870. The number of nitrogens with zero attached hydrogens (tertiary/aromatic N) is 6. The van der Waals surface area contributed by atoms with Gasteiger partial charge >= 0.3 is 0 Å². The molecule has 10 heteroatoms. The Morgan fingerprint density at radius 1 is 1.29 bits per heavy atom. The minimum absolute atomic E-state index is 0.0569. The van der Waals surface area contributed by atoms with Crippen LogP contribution in [0.25, 0.3) is 17.0 Å². The molecule has 4 rings (SSSR count). The summed E-state index contributed by atoms with van der Waals surface area (Å²) < 4.78 is 27.1. The van der Waals surface area contributed by atoms with Crippen molar-refractivity contribution in [3.8, 4) is 23.2 Å². The number of imidazole rings is 1. The van der Waals surface area contributed by atoms with E-state index in [4.69, 9.17) is 14.7 Å². The van der Waals surface area contributed by atoms with E-state index in [1.54, 1.807) is 20.2 Å². The molecule has 0 amide bonds. The molecule has 1 aliphatic heterocycles. The zero-order chi connectivity index (χ0) is 22.4. The van der Waals surface area contributed by atoms with Gasteiger partial charge in [0.1, 0.15) is 23.3 Å². The molecule has 3 aromatic heterocycles. The fourth-order valence-electron chi connectivity index (χ4n) is 3.14. The molecular formula is C21H26FN7O2. The van der Waals surface area contributed by atoms with Crippen LogP contribution < -0.4 is 15.0 Å². The van der Waals surface area contributed by atoms with E-state index in [-0.39, 0.29) is 17.1 Å². The standard InChI is InChI=1S/C18H18FN7O2.C3H8/c1-21-17-11(9-20)7-12(19)16(23-17)13-10-22-15-8-14(27-2)18(24-26(13)15)25-3-5-28-6-4-25;1-3-2/h7-8,10H,3-6H2,1-2H3,(H,21,23);3H2,1-2H3. The molecule has 0 saturated carbocycles. The average molecular weight is 427 g/mol. The second-order valence-corrected chi connectivity index (χ2v) is 6.83. The Kier molecular flexibility index (Phi) is 7.20. The molecule has 0 radical (unpaired) electrons. The maximum absolute atomic E-state index is 14.7. The second-order valence-electron chi connectivity index (χ2n) is 6.83. The first-order valence-corrected chi connectivity index (χ1v) is 10.1. The van der Waals surface area contributed by atoms with E-state index >= 15 is 0 Å². The van der Waals surface area contributed by atoms with Gasteiger partial charge in [0.15, 0.2) is 23.0 Å². The predicted molar refractivity (Wildman–Crippen MR) is 116 cm³/mol. The number of fused-ring (bicyclic) bond motifs is 1. The summed E-state index contributed by atoms with van der Waals surface area (Å²) in [5, 5.41) is 16.6. The van der Waals surface area contributed by atoms with Gasteiger partial charge < -0.3 is 19.7 Å². The van der Waals surface area contributed by atoms with Gasteiger partial charge in [0.2, 0.25) is 0 Å². The normalized spacial score (nSPS) is 13.4. The minimum atomic E-state index is -0.622. The zero-order valence-electron chi connectivity index (χ0n) is 18.1. The van der Waals surface area contributed by atoms with Crippen molar-refractivity contribution < 1.29 is 13.9 Å². The number of anilines is 2. The number of hydrogen-bond acceptors (Lipinski definition) is 8. The third-order valence-electron chi connectivity index (χ3n) is 4.55. The molecule has 1 saturated heterocycles. The van der Waals surface area contributed by atoms with Gasteiger partial charge in [-0.05, 0) is 6.07 Å². The van der Waals surface area contributed by atoms with E-state index in [0.717, 1.165) is 6.07 Å². The van der Waals surface area contributed by atoms with Gasteiger partial charge in [-0.1, -0.05) is 20.3 Å². The highest BCUT2D eigenvalue weighted by Crippen LogP contribution is 2.31. The lowest BCUT2D eigenvalue weighted by molar-refractivity contribution is 0.122. The molecule has 3 aromatic rings. The fraction of sp³-hybridized carbons (Fsp3) is 0.429. The van der Waals surface area contributed by atoms with Crippen LogP contribution in [0.5, 0.6) is 5.75 Å². The highest BCUT2D eigenvalue weighted by atomic mass is 19.1. The molecule has 31 heavy (non-hydrogen) atoms. The Bertz CT molecular complexity index is 1090. The molecule has 4 heterocycles. The predicted octanol–water partition coefficient (Wildman–Crippen LogP) is 3.11. The molecule has 0 unspecified atom stereocenters. The first-order chi connectivity index (χ1) is 15.1. The molecule has 9 nitrogen and oxygen atoms in total. The van der Waals surface area contributed by atoms with E-state index in [0.29, 0.717) is 49.2 Å². The lowest BCUT2D eigenvalue weighted by atomic mass is 10.2. The molecular weight excluding hydrogens is 401 g/mol. The number of nitriles is 1. The quantitative estimate of drug-likeness (QED) is 0.678. The number of halogens is 1. The molecule has 0 atom stereocenters. The van der Waals surface area contributed by atoms with Crippen molar-refractivity contribution in [1.29, 1.82) is 5.26 Å². The van der Waals surface area contributed by atoms with Crippen molar-refractivity contribution in [3.63, 3.8) is 0 Å². The van der Waals surface area contributed by atoms with E-state index in [9.17, 15) is 4.39 Å².